The number of carboxylic acid groups (broad SMARTS) is 1. The minimum atomic E-state index is -0.765. The van der Waals surface area contributed by atoms with E-state index < -0.39 is 5.97 Å². The number of halogens is 1. The maximum atomic E-state index is 12.0. The van der Waals surface area contributed by atoms with Gasteiger partial charge < -0.3 is 5.11 Å². The summed E-state index contributed by atoms with van der Waals surface area (Å²) in [5.41, 5.74) is 0.996. The normalized spacial score (nSPS) is 19.2. The van der Waals surface area contributed by atoms with Gasteiger partial charge in [0.05, 0.1) is 16.6 Å². The van der Waals surface area contributed by atoms with Crippen LogP contribution in [-0.4, -0.2) is 38.4 Å². The molecule has 0 saturated carbocycles. The van der Waals surface area contributed by atoms with Gasteiger partial charge >= 0.3 is 5.97 Å². The Morgan fingerprint density at radius 3 is 3.00 bits per heavy atom. The summed E-state index contributed by atoms with van der Waals surface area (Å²) in [4.78, 5) is 29.4. The van der Waals surface area contributed by atoms with Gasteiger partial charge in [-0.2, -0.15) is 0 Å². The third-order valence-electron chi connectivity index (χ3n) is 3.68. The van der Waals surface area contributed by atoms with Crippen molar-refractivity contribution in [3.05, 3.63) is 45.5 Å². The van der Waals surface area contributed by atoms with E-state index in [4.69, 9.17) is 16.7 Å². The number of nitrogens with zero attached hydrogens (tertiary/aromatic N) is 3. The summed E-state index contributed by atoms with van der Waals surface area (Å²) in [6, 6.07) is 4.85. The molecule has 0 bridgehead atoms. The monoisotopic (exact) mass is 307 g/mol. The molecule has 0 radical (unpaired) electrons. The van der Waals surface area contributed by atoms with Crippen LogP contribution in [0.25, 0.3) is 5.65 Å². The number of aliphatic carboxylic acids is 1. The molecule has 1 aliphatic rings. The molecule has 1 atom stereocenters. The van der Waals surface area contributed by atoms with E-state index in [2.05, 4.69) is 4.98 Å². The van der Waals surface area contributed by atoms with Crippen molar-refractivity contribution in [1.82, 2.24) is 14.3 Å². The Morgan fingerprint density at radius 2 is 2.29 bits per heavy atom. The van der Waals surface area contributed by atoms with E-state index in [9.17, 15) is 9.59 Å². The van der Waals surface area contributed by atoms with Crippen molar-refractivity contribution in [1.29, 1.82) is 0 Å². The summed E-state index contributed by atoms with van der Waals surface area (Å²) in [5, 5.41) is 9.48. The molecule has 3 rings (SSSR count). The fourth-order valence-corrected chi connectivity index (χ4v) is 2.77. The van der Waals surface area contributed by atoms with E-state index in [1.54, 1.807) is 12.1 Å². The smallest absolute Gasteiger partial charge is 0.307 e. The molecule has 3 heterocycles. The van der Waals surface area contributed by atoms with Gasteiger partial charge in [-0.1, -0.05) is 11.6 Å². The first-order chi connectivity index (χ1) is 10.0. The van der Waals surface area contributed by atoms with Crippen LogP contribution in [0.3, 0.4) is 0 Å². The summed E-state index contributed by atoms with van der Waals surface area (Å²) in [7, 11) is 0. The molecule has 6 nitrogen and oxygen atoms in total. The summed E-state index contributed by atoms with van der Waals surface area (Å²) < 4.78 is 1.40. The molecule has 2 aromatic rings. The first-order valence-corrected chi connectivity index (χ1v) is 7.04. The molecule has 21 heavy (non-hydrogen) atoms. The maximum absolute atomic E-state index is 12.0. The molecule has 1 saturated heterocycles. The molecule has 0 spiro atoms. The van der Waals surface area contributed by atoms with Gasteiger partial charge in [0, 0.05) is 25.4 Å². The third kappa shape index (κ3) is 2.91. The zero-order valence-electron chi connectivity index (χ0n) is 11.2. The number of likely N-dealkylation sites (tertiary alicyclic amines) is 1. The number of fused-ring (bicyclic) bond motifs is 1. The quantitative estimate of drug-likeness (QED) is 0.924. The molecular formula is C14H14ClN3O3. The molecule has 1 unspecified atom stereocenters. The van der Waals surface area contributed by atoms with Gasteiger partial charge in [0.15, 0.2) is 0 Å². The molecule has 1 aliphatic heterocycles. The van der Waals surface area contributed by atoms with E-state index >= 15 is 0 Å². The van der Waals surface area contributed by atoms with Gasteiger partial charge in [-0.15, -0.1) is 0 Å². The Labute approximate surface area is 125 Å². The number of hydrogen-bond acceptors (Lipinski definition) is 4. The number of pyridine rings is 1. The van der Waals surface area contributed by atoms with Crippen molar-refractivity contribution in [2.45, 2.75) is 13.0 Å². The molecule has 0 aliphatic carbocycles. The minimum Gasteiger partial charge on any atom is -0.481 e. The molecule has 110 valence electrons. The first kappa shape index (κ1) is 14.0. The van der Waals surface area contributed by atoms with Crippen molar-refractivity contribution in [3.63, 3.8) is 0 Å². The van der Waals surface area contributed by atoms with Gasteiger partial charge in [-0.05, 0) is 25.1 Å². The SMILES string of the molecule is O=C(O)C1CCN(Cc2cc(=O)n3cc(Cl)ccc3n2)C1. The van der Waals surface area contributed by atoms with Gasteiger partial charge in [-0.25, -0.2) is 4.98 Å². The Morgan fingerprint density at radius 1 is 1.48 bits per heavy atom. The van der Waals surface area contributed by atoms with E-state index in [-0.39, 0.29) is 11.5 Å². The first-order valence-electron chi connectivity index (χ1n) is 6.66. The van der Waals surface area contributed by atoms with Gasteiger partial charge in [0.1, 0.15) is 5.65 Å². The molecule has 1 N–H and O–H groups in total. The molecule has 2 aromatic heterocycles. The molecular weight excluding hydrogens is 294 g/mol. The van der Waals surface area contributed by atoms with E-state index in [1.165, 1.54) is 16.7 Å². The van der Waals surface area contributed by atoms with Crippen LogP contribution in [0.2, 0.25) is 5.02 Å². The van der Waals surface area contributed by atoms with Gasteiger partial charge in [0.25, 0.3) is 5.56 Å². The fraction of sp³-hybridized carbons (Fsp3) is 0.357. The Bertz CT molecular complexity index is 759. The largest absolute Gasteiger partial charge is 0.481 e. The minimum absolute atomic E-state index is 0.188. The zero-order chi connectivity index (χ0) is 15.0. The van der Waals surface area contributed by atoms with Crippen LogP contribution in [0.15, 0.2) is 29.2 Å². The topological polar surface area (TPSA) is 74.9 Å². The highest BCUT2D eigenvalue weighted by molar-refractivity contribution is 6.30. The van der Waals surface area contributed by atoms with E-state index in [0.717, 1.165) is 0 Å². The maximum Gasteiger partial charge on any atom is 0.307 e. The predicted octanol–water partition coefficient (Wildman–Crippen LogP) is 1.25. The molecule has 7 heteroatoms. The summed E-state index contributed by atoms with van der Waals surface area (Å²) in [6.07, 6.45) is 2.17. The van der Waals surface area contributed by atoms with E-state index in [1.807, 2.05) is 4.90 Å². The van der Waals surface area contributed by atoms with Crippen molar-refractivity contribution in [2.75, 3.05) is 13.1 Å². The van der Waals surface area contributed by atoms with Crippen LogP contribution in [0.4, 0.5) is 0 Å². The predicted molar refractivity (Wildman–Crippen MR) is 77.5 cm³/mol. The Hall–Kier alpha value is -1.92. The van der Waals surface area contributed by atoms with Crippen LogP contribution in [-0.2, 0) is 11.3 Å². The average Bonchev–Trinajstić information content (AvgIpc) is 2.88. The lowest BCUT2D eigenvalue weighted by Gasteiger charge is -2.14. The summed E-state index contributed by atoms with van der Waals surface area (Å²) >= 11 is 5.86. The highest BCUT2D eigenvalue weighted by atomic mass is 35.5. The second-order valence-corrected chi connectivity index (χ2v) is 5.66. The van der Waals surface area contributed by atoms with Gasteiger partial charge in [0.2, 0.25) is 0 Å². The highest BCUT2D eigenvalue weighted by Gasteiger charge is 2.28. The third-order valence-corrected chi connectivity index (χ3v) is 3.91. The van der Waals surface area contributed by atoms with Crippen molar-refractivity contribution >= 4 is 23.2 Å². The zero-order valence-corrected chi connectivity index (χ0v) is 12.0. The van der Waals surface area contributed by atoms with Crippen LogP contribution in [0.5, 0.6) is 0 Å². The molecule has 0 aromatic carbocycles. The van der Waals surface area contributed by atoms with Crippen LogP contribution >= 0.6 is 11.6 Å². The van der Waals surface area contributed by atoms with Crippen LogP contribution in [0.1, 0.15) is 12.1 Å². The number of rotatable bonds is 3. The standard InChI is InChI=1S/C14H14ClN3O3/c15-10-1-2-12-16-11(5-13(19)18(12)7-10)8-17-4-3-9(6-17)14(20)21/h1-2,5,7,9H,3-4,6,8H2,(H,20,21). The average molecular weight is 308 g/mol. The lowest BCUT2D eigenvalue weighted by atomic mass is 10.1. The Kier molecular flexibility index (Phi) is 3.65. The number of carbonyl (C=O) groups is 1. The lowest BCUT2D eigenvalue weighted by Crippen LogP contribution is -2.25. The van der Waals surface area contributed by atoms with Crippen molar-refractivity contribution in [3.8, 4) is 0 Å². The fourth-order valence-electron chi connectivity index (χ4n) is 2.61. The highest BCUT2D eigenvalue weighted by Crippen LogP contribution is 2.18. The number of aromatic nitrogens is 2. The Balaban J connectivity index is 1.84. The number of carboxylic acids is 1. The van der Waals surface area contributed by atoms with E-state index in [0.29, 0.717) is 42.4 Å². The molecule has 1 fully saturated rings. The second-order valence-electron chi connectivity index (χ2n) is 5.22. The van der Waals surface area contributed by atoms with Crippen molar-refractivity contribution < 1.29 is 9.90 Å². The van der Waals surface area contributed by atoms with Crippen LogP contribution < -0.4 is 5.56 Å². The summed E-state index contributed by atoms with van der Waals surface area (Å²) in [6.45, 7) is 1.69. The summed E-state index contributed by atoms with van der Waals surface area (Å²) in [5.74, 6) is -1.09. The van der Waals surface area contributed by atoms with Crippen LogP contribution in [0, 0.1) is 5.92 Å². The van der Waals surface area contributed by atoms with Crippen molar-refractivity contribution in [2.24, 2.45) is 5.92 Å². The number of hydrogen-bond donors (Lipinski definition) is 1. The molecule has 0 amide bonds. The second kappa shape index (κ2) is 5.46. The van der Waals surface area contributed by atoms with Gasteiger partial charge in [-0.3, -0.25) is 18.9 Å². The lowest BCUT2D eigenvalue weighted by molar-refractivity contribution is -0.141.